The third-order valence-electron chi connectivity index (χ3n) is 2.90. The van der Waals surface area contributed by atoms with Gasteiger partial charge in [-0.25, -0.2) is 8.78 Å². The van der Waals surface area contributed by atoms with Gasteiger partial charge in [-0.3, -0.25) is 0 Å². The predicted molar refractivity (Wildman–Crippen MR) is 65.1 cm³/mol. The number of likely N-dealkylation sites (N-methyl/N-ethyl adjacent to an activating group) is 1. The number of benzene rings is 1. The topological polar surface area (TPSA) is 43.7 Å². The van der Waals surface area contributed by atoms with Crippen LogP contribution < -0.4 is 0 Å². The van der Waals surface area contributed by atoms with Crippen molar-refractivity contribution in [2.75, 3.05) is 26.2 Å². The summed E-state index contributed by atoms with van der Waals surface area (Å²) in [5.74, 6) is -1.16. The first kappa shape index (κ1) is 15.0. The van der Waals surface area contributed by atoms with Gasteiger partial charge in [0.2, 0.25) is 0 Å². The summed E-state index contributed by atoms with van der Waals surface area (Å²) in [6.45, 7) is 3.74. The first-order valence-corrected chi connectivity index (χ1v) is 6.04. The molecule has 0 aromatic heterocycles. The van der Waals surface area contributed by atoms with Gasteiger partial charge in [0.1, 0.15) is 11.6 Å². The van der Waals surface area contributed by atoms with E-state index in [0.717, 1.165) is 24.7 Å². The predicted octanol–water partition coefficient (Wildman–Crippen LogP) is 1.70. The summed E-state index contributed by atoms with van der Waals surface area (Å²) in [6, 6.07) is 3.05. The molecule has 1 rings (SSSR count). The quantitative estimate of drug-likeness (QED) is 0.783. The molecular formula is C13H19F2NO2. The molecule has 1 aromatic rings. The van der Waals surface area contributed by atoms with E-state index < -0.39 is 17.7 Å². The van der Waals surface area contributed by atoms with Gasteiger partial charge in [0, 0.05) is 18.7 Å². The van der Waals surface area contributed by atoms with Gasteiger partial charge in [0.15, 0.2) is 0 Å². The van der Waals surface area contributed by atoms with Crippen molar-refractivity contribution in [3.05, 3.63) is 35.4 Å². The van der Waals surface area contributed by atoms with Crippen LogP contribution in [0.1, 0.15) is 25.0 Å². The summed E-state index contributed by atoms with van der Waals surface area (Å²) in [5.41, 5.74) is -0.0185. The van der Waals surface area contributed by atoms with E-state index in [9.17, 15) is 13.9 Å². The Morgan fingerprint density at radius 2 is 2.00 bits per heavy atom. The second kappa shape index (κ2) is 7.41. The normalized spacial score (nSPS) is 13.0. The Bertz CT molecular complexity index is 374. The van der Waals surface area contributed by atoms with Gasteiger partial charge in [-0.1, -0.05) is 6.92 Å². The molecule has 0 aliphatic heterocycles. The van der Waals surface area contributed by atoms with Crippen LogP contribution in [0.2, 0.25) is 0 Å². The summed E-state index contributed by atoms with van der Waals surface area (Å²) in [6.07, 6.45) is -0.734. The van der Waals surface area contributed by atoms with Crippen LogP contribution in [0.3, 0.4) is 0 Å². The van der Waals surface area contributed by atoms with Crippen LogP contribution in [0, 0.1) is 11.6 Å². The standard InChI is InChI=1S/C13H19F2NO2/c1-2-16(7-8-17)6-5-13(18)11-9-10(14)3-4-12(11)15/h3-4,9,13,17-18H,2,5-8H2,1H3. The zero-order valence-corrected chi connectivity index (χ0v) is 10.4. The minimum absolute atomic E-state index is 0.0185. The Balaban J connectivity index is 2.59. The third-order valence-corrected chi connectivity index (χ3v) is 2.90. The van der Waals surface area contributed by atoms with Crippen molar-refractivity contribution >= 4 is 0 Å². The molecule has 0 spiro atoms. The van der Waals surface area contributed by atoms with Crippen molar-refractivity contribution in [1.29, 1.82) is 0 Å². The average Bonchev–Trinajstić information content (AvgIpc) is 2.37. The highest BCUT2D eigenvalue weighted by Crippen LogP contribution is 2.21. The van der Waals surface area contributed by atoms with Gasteiger partial charge >= 0.3 is 0 Å². The number of hydrogen-bond donors (Lipinski definition) is 2. The molecule has 2 N–H and O–H groups in total. The van der Waals surface area contributed by atoms with Gasteiger partial charge in [0.05, 0.1) is 12.7 Å². The lowest BCUT2D eigenvalue weighted by Gasteiger charge is -2.21. The monoisotopic (exact) mass is 259 g/mol. The van der Waals surface area contributed by atoms with E-state index in [1.54, 1.807) is 0 Å². The van der Waals surface area contributed by atoms with Crippen LogP contribution in [-0.4, -0.2) is 41.4 Å². The minimum Gasteiger partial charge on any atom is -0.395 e. The molecule has 0 bridgehead atoms. The number of aliphatic hydroxyl groups is 2. The van der Waals surface area contributed by atoms with Crippen molar-refractivity contribution in [3.63, 3.8) is 0 Å². The zero-order valence-electron chi connectivity index (χ0n) is 10.4. The fraction of sp³-hybridized carbons (Fsp3) is 0.538. The highest BCUT2D eigenvalue weighted by molar-refractivity contribution is 5.21. The Labute approximate surface area is 106 Å². The Morgan fingerprint density at radius 3 is 2.61 bits per heavy atom. The van der Waals surface area contributed by atoms with Crippen LogP contribution in [0.25, 0.3) is 0 Å². The molecule has 0 radical (unpaired) electrons. The minimum atomic E-state index is -1.03. The molecule has 1 unspecified atom stereocenters. The van der Waals surface area contributed by atoms with Crippen LogP contribution in [0.4, 0.5) is 8.78 Å². The highest BCUT2D eigenvalue weighted by atomic mass is 19.1. The molecule has 0 heterocycles. The van der Waals surface area contributed by atoms with Crippen LogP contribution in [0.5, 0.6) is 0 Å². The fourth-order valence-corrected chi connectivity index (χ4v) is 1.80. The zero-order chi connectivity index (χ0) is 13.5. The van der Waals surface area contributed by atoms with E-state index in [1.807, 2.05) is 11.8 Å². The van der Waals surface area contributed by atoms with Gasteiger partial charge in [-0.05, 0) is 31.2 Å². The van der Waals surface area contributed by atoms with Gasteiger partial charge in [-0.2, -0.15) is 0 Å². The highest BCUT2D eigenvalue weighted by Gasteiger charge is 2.15. The Kier molecular flexibility index (Phi) is 6.18. The van der Waals surface area contributed by atoms with Crippen molar-refractivity contribution in [2.45, 2.75) is 19.4 Å². The molecular weight excluding hydrogens is 240 g/mol. The summed E-state index contributed by atoms with van der Waals surface area (Å²) in [4.78, 5) is 1.93. The smallest absolute Gasteiger partial charge is 0.129 e. The summed E-state index contributed by atoms with van der Waals surface area (Å²) >= 11 is 0. The number of hydrogen-bond acceptors (Lipinski definition) is 3. The fourth-order valence-electron chi connectivity index (χ4n) is 1.80. The van der Waals surface area contributed by atoms with Crippen LogP contribution in [0.15, 0.2) is 18.2 Å². The first-order valence-electron chi connectivity index (χ1n) is 6.04. The van der Waals surface area contributed by atoms with Gasteiger partial charge in [-0.15, -0.1) is 0 Å². The van der Waals surface area contributed by atoms with Gasteiger partial charge in [0.25, 0.3) is 0 Å². The van der Waals surface area contributed by atoms with E-state index in [0.29, 0.717) is 19.5 Å². The summed E-state index contributed by atoms with van der Waals surface area (Å²) in [5, 5.41) is 18.7. The van der Waals surface area contributed by atoms with E-state index >= 15 is 0 Å². The lowest BCUT2D eigenvalue weighted by Crippen LogP contribution is -2.28. The third kappa shape index (κ3) is 4.33. The second-order valence-electron chi connectivity index (χ2n) is 4.13. The van der Waals surface area contributed by atoms with Crippen molar-refractivity contribution in [2.24, 2.45) is 0 Å². The maximum atomic E-state index is 13.4. The molecule has 1 aromatic carbocycles. The molecule has 0 saturated heterocycles. The molecule has 0 aliphatic carbocycles. The van der Waals surface area contributed by atoms with E-state index in [1.165, 1.54) is 0 Å². The van der Waals surface area contributed by atoms with Crippen molar-refractivity contribution < 1.29 is 19.0 Å². The first-order chi connectivity index (χ1) is 8.58. The molecule has 0 saturated carbocycles. The Hall–Kier alpha value is -1.04. The van der Waals surface area contributed by atoms with E-state index in [2.05, 4.69) is 0 Å². The second-order valence-corrected chi connectivity index (χ2v) is 4.13. The Morgan fingerprint density at radius 1 is 1.28 bits per heavy atom. The number of aliphatic hydroxyl groups excluding tert-OH is 2. The lowest BCUT2D eigenvalue weighted by molar-refractivity contribution is 0.130. The molecule has 0 fully saturated rings. The molecule has 3 nitrogen and oxygen atoms in total. The lowest BCUT2D eigenvalue weighted by atomic mass is 10.1. The van der Waals surface area contributed by atoms with Crippen molar-refractivity contribution in [1.82, 2.24) is 4.90 Å². The molecule has 5 heteroatoms. The van der Waals surface area contributed by atoms with Crippen LogP contribution >= 0.6 is 0 Å². The van der Waals surface area contributed by atoms with Gasteiger partial charge < -0.3 is 15.1 Å². The van der Waals surface area contributed by atoms with E-state index in [-0.39, 0.29) is 12.2 Å². The average molecular weight is 259 g/mol. The molecule has 0 amide bonds. The summed E-state index contributed by atoms with van der Waals surface area (Å²) in [7, 11) is 0. The van der Waals surface area contributed by atoms with E-state index in [4.69, 9.17) is 5.11 Å². The molecule has 102 valence electrons. The molecule has 0 aliphatic rings. The number of rotatable bonds is 7. The maximum Gasteiger partial charge on any atom is 0.129 e. The van der Waals surface area contributed by atoms with Crippen LogP contribution in [-0.2, 0) is 0 Å². The largest absolute Gasteiger partial charge is 0.395 e. The van der Waals surface area contributed by atoms with Crippen molar-refractivity contribution in [3.8, 4) is 0 Å². The summed E-state index contributed by atoms with van der Waals surface area (Å²) < 4.78 is 26.4. The number of nitrogens with zero attached hydrogens (tertiary/aromatic N) is 1. The molecule has 18 heavy (non-hydrogen) atoms. The SMILES string of the molecule is CCN(CCO)CCC(O)c1cc(F)ccc1F. The maximum absolute atomic E-state index is 13.4. The molecule has 1 atom stereocenters. The number of halogens is 2.